The van der Waals surface area contributed by atoms with Gasteiger partial charge in [0.1, 0.15) is 17.2 Å². The van der Waals surface area contributed by atoms with E-state index in [0.29, 0.717) is 70.4 Å². The Morgan fingerprint density at radius 3 is 2.68 bits per heavy atom. The van der Waals surface area contributed by atoms with E-state index in [1.54, 1.807) is 17.2 Å². The van der Waals surface area contributed by atoms with Gasteiger partial charge in [0.2, 0.25) is 11.9 Å². The number of hydrogen-bond acceptors (Lipinski definition) is 9. The fraction of sp³-hybridized carbons (Fsp3) is 0.375. The number of anilines is 3. The maximum absolute atomic E-state index is 14.7. The van der Waals surface area contributed by atoms with Crippen molar-refractivity contribution in [3.05, 3.63) is 54.0 Å². The summed E-state index contributed by atoms with van der Waals surface area (Å²) in [6.07, 6.45) is 3.03. The zero-order valence-electron chi connectivity index (χ0n) is 24.8. The molecule has 4 aromatic rings. The van der Waals surface area contributed by atoms with Gasteiger partial charge in [0.25, 0.3) is 0 Å². The Bertz CT molecular complexity index is 1790. The Balaban J connectivity index is 1.52. The third-order valence-electron chi connectivity index (χ3n) is 8.75. The van der Waals surface area contributed by atoms with E-state index in [-0.39, 0.29) is 29.1 Å². The highest BCUT2D eigenvalue weighted by molar-refractivity contribution is 6.34. The van der Waals surface area contributed by atoms with Gasteiger partial charge < -0.3 is 24.9 Å². The van der Waals surface area contributed by atoms with Crippen molar-refractivity contribution in [2.45, 2.75) is 32.4 Å². The minimum absolute atomic E-state index is 0.0392. The molecule has 2 fully saturated rings. The van der Waals surface area contributed by atoms with Crippen LogP contribution in [0.2, 0.25) is 5.02 Å². The van der Waals surface area contributed by atoms with Crippen molar-refractivity contribution in [1.29, 1.82) is 5.26 Å². The molecule has 1 atom stereocenters. The molecule has 10 nitrogen and oxygen atoms in total. The molecule has 6 rings (SSSR count). The third kappa shape index (κ3) is 5.08. The van der Waals surface area contributed by atoms with Crippen LogP contribution >= 0.6 is 11.6 Å². The van der Waals surface area contributed by atoms with Crippen molar-refractivity contribution < 1.29 is 13.6 Å². The van der Waals surface area contributed by atoms with Gasteiger partial charge in [0.05, 0.1) is 40.7 Å². The summed E-state index contributed by atoms with van der Waals surface area (Å²) in [6, 6.07) is 8.82. The number of carbonyl (C=O) groups is 1. The normalized spacial score (nSPS) is 17.4. The van der Waals surface area contributed by atoms with Crippen LogP contribution in [-0.2, 0) is 4.79 Å². The average molecular weight is 617 g/mol. The number of likely N-dealkylation sites (N-methyl/N-ethyl adjacent to an activating group) is 1. The lowest BCUT2D eigenvalue weighted by Crippen LogP contribution is -2.60. The van der Waals surface area contributed by atoms with E-state index in [1.807, 2.05) is 12.1 Å². The lowest BCUT2D eigenvalue weighted by molar-refractivity contribution is -0.128. The first-order valence-electron chi connectivity index (χ1n) is 14.8. The zero-order valence-corrected chi connectivity index (χ0v) is 25.5. The Labute approximate surface area is 260 Å². The standard InChI is InChI=1S/C32H34ClFN8O2/c1-4-27(43)42-11-10-40(16-20(42)7-9-35)31-28-26(37-32(38-31)41-17-21(18-41)39(5-2)6-3)15-23(22-8-12-44-30(22)28)24-13-19(36)14-25(34)29(24)33/h4,8,12-15,20-21H,1,5-7,10-11,16-18,36H2,2-3H3/t20-/m0/s1. The molecule has 2 aliphatic rings. The number of nitrogens with two attached hydrogens (primary N) is 1. The van der Waals surface area contributed by atoms with E-state index in [2.05, 4.69) is 41.2 Å². The molecule has 2 aliphatic heterocycles. The second kappa shape index (κ2) is 11.9. The molecule has 2 N–H and O–H groups in total. The largest absolute Gasteiger partial charge is 0.463 e. The van der Waals surface area contributed by atoms with E-state index >= 15 is 0 Å². The van der Waals surface area contributed by atoms with Gasteiger partial charge >= 0.3 is 0 Å². The highest BCUT2D eigenvalue weighted by Crippen LogP contribution is 2.43. The monoisotopic (exact) mass is 616 g/mol. The lowest BCUT2D eigenvalue weighted by atomic mass is 9.98. The van der Waals surface area contributed by atoms with E-state index < -0.39 is 5.82 Å². The number of nitrogens with zero attached hydrogens (tertiary/aromatic N) is 7. The molecule has 12 heteroatoms. The number of aromatic nitrogens is 2. The van der Waals surface area contributed by atoms with Gasteiger partial charge in [-0.1, -0.05) is 32.0 Å². The summed E-state index contributed by atoms with van der Waals surface area (Å²) in [4.78, 5) is 31.1. The molecule has 2 aromatic heterocycles. The molecule has 1 amide bonds. The lowest BCUT2D eigenvalue weighted by Gasteiger charge is -2.45. The fourth-order valence-electron chi connectivity index (χ4n) is 6.43. The molecule has 0 spiro atoms. The summed E-state index contributed by atoms with van der Waals surface area (Å²) in [5.41, 5.74) is 8.50. The molecule has 0 saturated carbocycles. The van der Waals surface area contributed by atoms with Gasteiger partial charge in [-0.15, -0.1) is 0 Å². The Hall–Kier alpha value is -4.40. The van der Waals surface area contributed by atoms with Crippen molar-refractivity contribution in [2.24, 2.45) is 0 Å². The number of carbonyl (C=O) groups excluding carboxylic acids is 1. The van der Waals surface area contributed by atoms with E-state index in [0.717, 1.165) is 26.2 Å². The van der Waals surface area contributed by atoms with Gasteiger partial charge in [-0.2, -0.15) is 10.2 Å². The van der Waals surface area contributed by atoms with Crippen LogP contribution < -0.4 is 15.5 Å². The number of hydrogen-bond donors (Lipinski definition) is 1. The number of nitrogen functional groups attached to an aromatic ring is 1. The number of halogens is 2. The van der Waals surface area contributed by atoms with E-state index in [9.17, 15) is 14.4 Å². The minimum atomic E-state index is -0.610. The molecule has 0 bridgehead atoms. The quantitative estimate of drug-likeness (QED) is 0.214. The number of rotatable bonds is 8. The topological polar surface area (TPSA) is 119 Å². The summed E-state index contributed by atoms with van der Waals surface area (Å²) >= 11 is 6.47. The van der Waals surface area contributed by atoms with Crippen LogP contribution in [0.3, 0.4) is 0 Å². The summed E-state index contributed by atoms with van der Waals surface area (Å²) in [6.45, 7) is 12.7. The van der Waals surface area contributed by atoms with Gasteiger partial charge in [-0.25, -0.2) is 9.37 Å². The van der Waals surface area contributed by atoms with Gasteiger partial charge in [0, 0.05) is 55.4 Å². The minimum Gasteiger partial charge on any atom is -0.463 e. The molecular formula is C32H34ClFN8O2. The van der Waals surface area contributed by atoms with Crippen molar-refractivity contribution >= 4 is 56.8 Å². The van der Waals surface area contributed by atoms with Crippen molar-refractivity contribution in [3.63, 3.8) is 0 Å². The van der Waals surface area contributed by atoms with Gasteiger partial charge in [0.15, 0.2) is 0 Å². The van der Waals surface area contributed by atoms with Crippen molar-refractivity contribution in [3.8, 4) is 17.2 Å². The number of fused-ring (bicyclic) bond motifs is 3. The summed E-state index contributed by atoms with van der Waals surface area (Å²) < 4.78 is 20.8. The maximum atomic E-state index is 14.7. The molecule has 0 radical (unpaired) electrons. The van der Waals surface area contributed by atoms with E-state index in [1.165, 1.54) is 12.1 Å². The number of amides is 1. The predicted octanol–water partition coefficient (Wildman–Crippen LogP) is 5.06. The number of benzene rings is 2. The highest BCUT2D eigenvalue weighted by Gasteiger charge is 2.35. The second-order valence-electron chi connectivity index (χ2n) is 11.2. The molecule has 44 heavy (non-hydrogen) atoms. The van der Waals surface area contributed by atoms with Crippen LogP contribution in [0.25, 0.3) is 33.0 Å². The Morgan fingerprint density at radius 2 is 1.98 bits per heavy atom. The summed E-state index contributed by atoms with van der Waals surface area (Å²) in [7, 11) is 0. The molecule has 2 aromatic carbocycles. The fourth-order valence-corrected chi connectivity index (χ4v) is 6.64. The molecule has 0 aliphatic carbocycles. The summed E-state index contributed by atoms with van der Waals surface area (Å²) in [5, 5.41) is 10.9. The molecule has 4 heterocycles. The summed E-state index contributed by atoms with van der Waals surface area (Å²) in [5.74, 6) is 0.409. The van der Waals surface area contributed by atoms with Crippen LogP contribution in [0.4, 0.5) is 21.8 Å². The Kier molecular flexibility index (Phi) is 8.05. The SMILES string of the molecule is C=CC(=O)N1CCN(c2nc(N3CC(N(CC)CC)C3)nc3cc(-c4cc(N)cc(F)c4Cl)c4ccoc4c23)C[C@@H]1CC#N. The number of nitriles is 1. The van der Waals surface area contributed by atoms with Crippen LogP contribution in [0.1, 0.15) is 20.3 Å². The maximum Gasteiger partial charge on any atom is 0.246 e. The second-order valence-corrected chi connectivity index (χ2v) is 11.5. The van der Waals surface area contributed by atoms with Crippen LogP contribution in [-0.4, -0.2) is 83.6 Å². The van der Waals surface area contributed by atoms with Crippen LogP contribution in [0, 0.1) is 17.1 Å². The molecular weight excluding hydrogens is 583 g/mol. The van der Waals surface area contributed by atoms with Gasteiger partial charge in [-0.3, -0.25) is 9.69 Å². The first kappa shape index (κ1) is 29.7. The molecule has 0 unspecified atom stereocenters. The average Bonchev–Trinajstić information content (AvgIpc) is 3.49. The van der Waals surface area contributed by atoms with Crippen molar-refractivity contribution in [2.75, 3.05) is 61.3 Å². The molecule has 228 valence electrons. The van der Waals surface area contributed by atoms with Crippen LogP contribution in [0.15, 0.2) is 47.6 Å². The molecule has 2 saturated heterocycles. The third-order valence-corrected chi connectivity index (χ3v) is 9.14. The van der Waals surface area contributed by atoms with Crippen LogP contribution in [0.5, 0.6) is 0 Å². The number of furan rings is 1. The number of piperazine rings is 1. The zero-order chi connectivity index (χ0) is 31.1. The smallest absolute Gasteiger partial charge is 0.246 e. The van der Waals surface area contributed by atoms with E-state index in [4.69, 9.17) is 31.7 Å². The highest BCUT2D eigenvalue weighted by atomic mass is 35.5. The first-order chi connectivity index (χ1) is 21.3. The predicted molar refractivity (Wildman–Crippen MR) is 171 cm³/mol. The van der Waals surface area contributed by atoms with Crippen molar-refractivity contribution in [1.82, 2.24) is 19.8 Å². The van der Waals surface area contributed by atoms with Gasteiger partial charge in [-0.05, 0) is 49.0 Å². The Morgan fingerprint density at radius 1 is 1.20 bits per heavy atom. The first-order valence-corrected chi connectivity index (χ1v) is 15.2.